The number of para-hydroxylation sites is 1. The van der Waals surface area contributed by atoms with Gasteiger partial charge in [-0.25, -0.2) is 4.39 Å². The summed E-state index contributed by atoms with van der Waals surface area (Å²) >= 11 is 0.807. The van der Waals surface area contributed by atoms with E-state index < -0.39 is 16.3 Å². The standard InChI is InChI=1S/C25H19FN4O4S/c26-20-9-5-4-8-19(20)25(16-27,28-12-14-34-15-13-28)22-18-10-11-21(31)29(17-6-2-1-3-7-17)23(18)35-24(22)30(32)33/h1-11H,12-15H2. The van der Waals surface area contributed by atoms with Crippen LogP contribution in [-0.2, 0) is 10.3 Å². The molecule has 10 heteroatoms. The fourth-order valence-electron chi connectivity index (χ4n) is 4.67. The van der Waals surface area contributed by atoms with Crippen molar-refractivity contribution in [3.05, 3.63) is 104 Å². The Morgan fingerprint density at radius 3 is 2.40 bits per heavy atom. The first kappa shape index (κ1) is 22.9. The predicted molar refractivity (Wildman–Crippen MR) is 129 cm³/mol. The van der Waals surface area contributed by atoms with Gasteiger partial charge in [-0.15, -0.1) is 0 Å². The number of rotatable bonds is 5. The summed E-state index contributed by atoms with van der Waals surface area (Å²) in [5.41, 5.74) is -1.57. The summed E-state index contributed by atoms with van der Waals surface area (Å²) in [5.74, 6) is -0.648. The summed E-state index contributed by atoms with van der Waals surface area (Å²) in [7, 11) is 0. The van der Waals surface area contributed by atoms with Gasteiger partial charge in [0.15, 0.2) is 5.54 Å². The number of halogens is 1. The Kier molecular flexibility index (Phi) is 5.90. The van der Waals surface area contributed by atoms with Gasteiger partial charge in [-0.05, 0) is 35.6 Å². The molecule has 1 fully saturated rings. The maximum absolute atomic E-state index is 15.3. The normalized spacial score (nSPS) is 16.0. The van der Waals surface area contributed by atoms with Crippen molar-refractivity contribution in [1.29, 1.82) is 5.26 Å². The molecule has 8 nitrogen and oxygen atoms in total. The van der Waals surface area contributed by atoms with Gasteiger partial charge < -0.3 is 4.74 Å². The lowest BCUT2D eigenvalue weighted by molar-refractivity contribution is -0.381. The molecular weight excluding hydrogens is 471 g/mol. The van der Waals surface area contributed by atoms with Crippen LogP contribution >= 0.6 is 11.3 Å². The van der Waals surface area contributed by atoms with Gasteiger partial charge in [0.2, 0.25) is 0 Å². The molecule has 0 aliphatic carbocycles. The molecule has 2 aromatic heterocycles. The Hall–Kier alpha value is -3.91. The number of aromatic nitrogens is 1. The van der Waals surface area contributed by atoms with Crippen molar-refractivity contribution in [2.75, 3.05) is 26.3 Å². The zero-order valence-corrected chi connectivity index (χ0v) is 19.2. The average Bonchev–Trinajstić information content (AvgIpc) is 3.27. The van der Waals surface area contributed by atoms with Gasteiger partial charge in [0.25, 0.3) is 5.56 Å². The van der Waals surface area contributed by atoms with Crippen LogP contribution in [0.3, 0.4) is 0 Å². The van der Waals surface area contributed by atoms with Gasteiger partial charge in [-0.2, -0.15) is 5.26 Å². The van der Waals surface area contributed by atoms with E-state index in [0.29, 0.717) is 29.1 Å². The molecular formula is C25H19FN4O4S. The number of nitro groups is 1. The van der Waals surface area contributed by atoms with Crippen LogP contribution in [0.1, 0.15) is 11.1 Å². The van der Waals surface area contributed by atoms with E-state index in [1.807, 2.05) is 0 Å². The molecule has 1 atom stereocenters. The third-order valence-electron chi connectivity index (χ3n) is 6.18. The maximum atomic E-state index is 15.3. The SMILES string of the molecule is N#CC(c1ccccc1F)(c1c([N+](=O)[O-])sc2c1ccc(=O)n2-c1ccccc1)N1CCOCC1. The summed E-state index contributed by atoms with van der Waals surface area (Å²) in [6, 6.07) is 19.7. The van der Waals surface area contributed by atoms with E-state index in [4.69, 9.17) is 4.74 Å². The van der Waals surface area contributed by atoms with Gasteiger partial charge in [0, 0.05) is 30.1 Å². The predicted octanol–water partition coefficient (Wildman–Crippen LogP) is 4.20. The monoisotopic (exact) mass is 490 g/mol. The molecule has 1 aliphatic rings. The Balaban J connectivity index is 1.93. The highest BCUT2D eigenvalue weighted by Gasteiger charge is 2.50. The van der Waals surface area contributed by atoms with Gasteiger partial charge in [-0.3, -0.25) is 24.4 Å². The molecule has 0 radical (unpaired) electrons. The molecule has 0 amide bonds. The lowest BCUT2D eigenvalue weighted by Gasteiger charge is -2.40. The summed E-state index contributed by atoms with van der Waals surface area (Å²) in [5, 5.41) is 23.1. The molecule has 4 aromatic rings. The molecule has 1 unspecified atom stereocenters. The second-order valence-electron chi connectivity index (χ2n) is 8.00. The van der Waals surface area contributed by atoms with Crippen LogP contribution in [0.15, 0.2) is 71.5 Å². The number of ether oxygens (including phenoxy) is 1. The number of nitriles is 1. The van der Waals surface area contributed by atoms with Crippen LogP contribution in [0.4, 0.5) is 9.39 Å². The van der Waals surface area contributed by atoms with Gasteiger partial charge in [-0.1, -0.05) is 36.4 Å². The molecule has 1 saturated heterocycles. The van der Waals surface area contributed by atoms with E-state index in [-0.39, 0.29) is 34.8 Å². The van der Waals surface area contributed by atoms with Gasteiger partial charge in [0.05, 0.1) is 35.5 Å². The zero-order valence-electron chi connectivity index (χ0n) is 18.4. The second kappa shape index (κ2) is 9.03. The van der Waals surface area contributed by atoms with Crippen molar-refractivity contribution in [2.24, 2.45) is 0 Å². The first-order chi connectivity index (χ1) is 17.0. The third kappa shape index (κ3) is 3.61. The molecule has 0 N–H and O–H groups in total. The fourth-order valence-corrected chi connectivity index (χ4v) is 5.86. The van der Waals surface area contributed by atoms with Crippen molar-refractivity contribution in [3.8, 4) is 11.8 Å². The number of hydrogen-bond acceptors (Lipinski definition) is 7. The Bertz CT molecular complexity index is 1520. The number of benzene rings is 2. The summed E-state index contributed by atoms with van der Waals surface area (Å²) in [6.45, 7) is 1.13. The van der Waals surface area contributed by atoms with Crippen LogP contribution in [0.5, 0.6) is 0 Å². The number of nitrogens with zero attached hydrogens (tertiary/aromatic N) is 4. The van der Waals surface area contributed by atoms with E-state index >= 15 is 4.39 Å². The molecule has 0 bridgehead atoms. The number of morpholine rings is 1. The molecule has 5 rings (SSSR count). The van der Waals surface area contributed by atoms with E-state index in [2.05, 4.69) is 6.07 Å². The highest BCUT2D eigenvalue weighted by atomic mass is 32.1. The number of hydrogen-bond donors (Lipinski definition) is 0. The van der Waals surface area contributed by atoms with Crippen molar-refractivity contribution < 1.29 is 14.1 Å². The van der Waals surface area contributed by atoms with Crippen LogP contribution in [0, 0.1) is 27.3 Å². The molecule has 3 heterocycles. The van der Waals surface area contributed by atoms with E-state index in [1.165, 1.54) is 34.9 Å². The fraction of sp³-hybridized carbons (Fsp3) is 0.200. The lowest BCUT2D eigenvalue weighted by atomic mass is 9.81. The first-order valence-electron chi connectivity index (χ1n) is 10.9. The average molecular weight is 491 g/mol. The summed E-state index contributed by atoms with van der Waals surface area (Å²) in [4.78, 5) is 26.8. The second-order valence-corrected chi connectivity index (χ2v) is 8.98. The third-order valence-corrected chi connectivity index (χ3v) is 7.32. The summed E-state index contributed by atoms with van der Waals surface area (Å²) < 4.78 is 22.2. The van der Waals surface area contributed by atoms with Crippen LogP contribution in [0.2, 0.25) is 0 Å². The van der Waals surface area contributed by atoms with Crippen molar-refractivity contribution >= 4 is 26.6 Å². The molecule has 176 valence electrons. The molecule has 0 spiro atoms. The van der Waals surface area contributed by atoms with Crippen molar-refractivity contribution in [1.82, 2.24) is 9.47 Å². The zero-order chi connectivity index (χ0) is 24.6. The largest absolute Gasteiger partial charge is 0.379 e. The molecule has 2 aromatic carbocycles. The first-order valence-corrected chi connectivity index (χ1v) is 11.7. The Labute approximate surface area is 203 Å². The Morgan fingerprint density at radius 1 is 1.06 bits per heavy atom. The molecule has 1 aliphatic heterocycles. The highest BCUT2D eigenvalue weighted by molar-refractivity contribution is 7.22. The Morgan fingerprint density at radius 2 is 1.74 bits per heavy atom. The number of fused-ring (bicyclic) bond motifs is 1. The lowest BCUT2D eigenvalue weighted by Crippen LogP contribution is -2.52. The minimum absolute atomic E-state index is 0.0182. The van der Waals surface area contributed by atoms with E-state index in [9.17, 15) is 20.2 Å². The highest BCUT2D eigenvalue weighted by Crippen LogP contribution is 2.49. The maximum Gasteiger partial charge on any atom is 0.333 e. The molecule has 35 heavy (non-hydrogen) atoms. The van der Waals surface area contributed by atoms with Crippen molar-refractivity contribution in [2.45, 2.75) is 5.54 Å². The van der Waals surface area contributed by atoms with Crippen molar-refractivity contribution in [3.63, 3.8) is 0 Å². The van der Waals surface area contributed by atoms with Gasteiger partial charge >= 0.3 is 5.00 Å². The van der Waals surface area contributed by atoms with Gasteiger partial charge in [0.1, 0.15) is 10.6 Å². The summed E-state index contributed by atoms with van der Waals surface area (Å²) in [6.07, 6.45) is 0. The van der Waals surface area contributed by atoms with E-state index in [0.717, 1.165) is 11.3 Å². The minimum Gasteiger partial charge on any atom is -0.379 e. The number of thiophene rings is 1. The van der Waals surface area contributed by atoms with E-state index in [1.54, 1.807) is 41.3 Å². The molecule has 0 saturated carbocycles. The van der Waals surface area contributed by atoms with Crippen LogP contribution in [0.25, 0.3) is 15.9 Å². The minimum atomic E-state index is -1.81. The van der Waals surface area contributed by atoms with Crippen LogP contribution in [-0.4, -0.2) is 40.7 Å². The quantitative estimate of drug-likeness (QED) is 0.307. The van der Waals surface area contributed by atoms with Crippen LogP contribution < -0.4 is 5.56 Å². The topological polar surface area (TPSA) is 101 Å². The number of pyridine rings is 1. The smallest absolute Gasteiger partial charge is 0.333 e.